The molecule has 0 fully saturated rings. The number of carbonyl (C=O) groups is 1. The summed E-state index contributed by atoms with van der Waals surface area (Å²) in [5.41, 5.74) is 8.34. The Hall–Kier alpha value is -3.20. The van der Waals surface area contributed by atoms with Crippen LogP contribution in [0.3, 0.4) is 0 Å². The minimum Gasteiger partial charge on any atom is -0.454 e. The third-order valence-corrected chi connectivity index (χ3v) is 5.76. The van der Waals surface area contributed by atoms with E-state index in [4.69, 9.17) is 15.2 Å². The normalized spacial score (nSPS) is 13.8. The van der Waals surface area contributed by atoms with Crippen molar-refractivity contribution >= 4 is 16.6 Å². The first-order valence-corrected chi connectivity index (χ1v) is 9.71. The highest BCUT2D eigenvalue weighted by Gasteiger charge is 2.35. The maximum atomic E-state index is 13.4. The van der Waals surface area contributed by atoms with Crippen LogP contribution in [0, 0.1) is 0 Å². The van der Waals surface area contributed by atoms with Crippen LogP contribution in [-0.2, 0) is 19.8 Å². The van der Waals surface area contributed by atoms with Gasteiger partial charge in [0.2, 0.25) is 6.79 Å². The number of benzene rings is 2. The molecule has 0 unspecified atom stereocenters. The molecule has 0 saturated carbocycles. The highest BCUT2D eigenvalue weighted by atomic mass is 16.7. The first kappa shape index (κ1) is 18.8. The first-order chi connectivity index (χ1) is 14.6. The number of aliphatic hydroxyl groups is 2. The number of hydrogen-bond acceptors (Lipinski definition) is 7. The van der Waals surface area contributed by atoms with Crippen LogP contribution in [0.15, 0.2) is 29.1 Å². The van der Waals surface area contributed by atoms with E-state index in [1.807, 2.05) is 0 Å². The Balaban J connectivity index is 1.89. The lowest BCUT2D eigenvalue weighted by Crippen LogP contribution is -2.25. The van der Waals surface area contributed by atoms with Gasteiger partial charge in [-0.1, -0.05) is 0 Å². The van der Waals surface area contributed by atoms with Crippen LogP contribution in [-0.4, -0.2) is 33.9 Å². The third kappa shape index (κ3) is 2.51. The van der Waals surface area contributed by atoms with Crippen LogP contribution < -0.4 is 20.8 Å². The van der Waals surface area contributed by atoms with E-state index in [9.17, 15) is 19.8 Å². The third-order valence-electron chi connectivity index (χ3n) is 5.76. The molecule has 0 spiro atoms. The first-order valence-electron chi connectivity index (χ1n) is 9.71. The van der Waals surface area contributed by atoms with E-state index in [2.05, 4.69) is 0 Å². The van der Waals surface area contributed by atoms with Gasteiger partial charge in [0.15, 0.2) is 17.3 Å². The second-order valence-corrected chi connectivity index (χ2v) is 7.39. The van der Waals surface area contributed by atoms with Gasteiger partial charge in [0, 0.05) is 28.4 Å². The van der Waals surface area contributed by atoms with Crippen molar-refractivity contribution in [3.63, 3.8) is 0 Å². The predicted octanol–water partition coefficient (Wildman–Crippen LogP) is 1.28. The molecule has 154 valence electrons. The number of rotatable bonds is 5. The number of aliphatic hydroxyl groups excluding tert-OH is 2. The van der Waals surface area contributed by atoms with Gasteiger partial charge in [-0.15, -0.1) is 0 Å². The van der Waals surface area contributed by atoms with Gasteiger partial charge in [0.1, 0.15) is 0 Å². The molecule has 5 rings (SSSR count). The fraction of sp³-hybridized carbons (Fsp3) is 0.273. The van der Waals surface area contributed by atoms with E-state index in [1.54, 1.807) is 28.8 Å². The Morgan fingerprint density at radius 3 is 2.20 bits per heavy atom. The fourth-order valence-corrected chi connectivity index (χ4v) is 4.31. The number of fused-ring (bicyclic) bond motifs is 6. The average molecular weight is 408 g/mol. The number of nitrogens with zero attached hydrogens (tertiary/aromatic N) is 1. The van der Waals surface area contributed by atoms with Gasteiger partial charge in [0.05, 0.1) is 24.5 Å². The number of pyridine rings is 1. The van der Waals surface area contributed by atoms with Crippen molar-refractivity contribution in [3.8, 4) is 22.8 Å². The SMILES string of the molecule is NCCCn1c2c(c3cc(CO)c(CO)cc3c1=O)C(=O)c1cc3c(cc1-2)OCO3. The molecule has 1 aromatic heterocycles. The second kappa shape index (κ2) is 6.94. The predicted molar refractivity (Wildman–Crippen MR) is 109 cm³/mol. The van der Waals surface area contributed by atoms with Crippen LogP contribution in [0.2, 0.25) is 0 Å². The summed E-state index contributed by atoms with van der Waals surface area (Å²) in [4.78, 5) is 26.9. The molecule has 8 nitrogen and oxygen atoms in total. The number of hydrogen-bond donors (Lipinski definition) is 3. The van der Waals surface area contributed by atoms with Crippen LogP contribution in [0.1, 0.15) is 33.5 Å². The van der Waals surface area contributed by atoms with Gasteiger partial charge in [-0.25, -0.2) is 0 Å². The fourth-order valence-electron chi connectivity index (χ4n) is 4.31. The van der Waals surface area contributed by atoms with E-state index < -0.39 is 0 Å². The summed E-state index contributed by atoms with van der Waals surface area (Å²) in [7, 11) is 0. The monoisotopic (exact) mass is 408 g/mol. The Kier molecular flexibility index (Phi) is 4.35. The molecule has 8 heteroatoms. The molecule has 1 aliphatic carbocycles. The summed E-state index contributed by atoms with van der Waals surface area (Å²) in [5, 5.41) is 20.2. The summed E-state index contributed by atoms with van der Waals surface area (Å²) in [5.74, 6) is 0.804. The van der Waals surface area contributed by atoms with Crippen molar-refractivity contribution in [1.29, 1.82) is 0 Å². The minimum absolute atomic E-state index is 0.0841. The Morgan fingerprint density at radius 2 is 1.57 bits per heavy atom. The summed E-state index contributed by atoms with van der Waals surface area (Å²) in [6, 6.07) is 6.57. The average Bonchev–Trinajstić information content (AvgIpc) is 3.33. The van der Waals surface area contributed by atoms with Gasteiger partial charge >= 0.3 is 0 Å². The zero-order valence-electron chi connectivity index (χ0n) is 16.1. The molecule has 1 aliphatic heterocycles. The van der Waals surface area contributed by atoms with Crippen LogP contribution in [0.25, 0.3) is 22.0 Å². The summed E-state index contributed by atoms with van der Waals surface area (Å²) in [6.45, 7) is 0.201. The van der Waals surface area contributed by atoms with Gasteiger partial charge in [-0.3, -0.25) is 9.59 Å². The Bertz CT molecular complexity index is 1280. The molecule has 4 N–H and O–H groups in total. The lowest BCUT2D eigenvalue weighted by molar-refractivity contribution is 0.104. The smallest absolute Gasteiger partial charge is 0.258 e. The van der Waals surface area contributed by atoms with Crippen molar-refractivity contribution in [2.45, 2.75) is 26.2 Å². The highest BCUT2D eigenvalue weighted by molar-refractivity contribution is 6.27. The topological polar surface area (TPSA) is 124 Å². The molecule has 0 bridgehead atoms. The maximum absolute atomic E-state index is 13.4. The van der Waals surface area contributed by atoms with E-state index in [0.29, 0.717) is 75.3 Å². The Labute approximate surface area is 171 Å². The molecular formula is C22H20N2O6. The largest absolute Gasteiger partial charge is 0.454 e. The molecule has 30 heavy (non-hydrogen) atoms. The molecule has 0 saturated heterocycles. The van der Waals surface area contributed by atoms with E-state index in [1.165, 1.54) is 0 Å². The number of nitrogens with two attached hydrogens (primary N) is 1. The van der Waals surface area contributed by atoms with Crippen molar-refractivity contribution in [2.24, 2.45) is 5.73 Å². The number of ketones is 1. The van der Waals surface area contributed by atoms with Crippen molar-refractivity contribution in [2.75, 3.05) is 13.3 Å². The maximum Gasteiger partial charge on any atom is 0.258 e. The molecule has 2 aliphatic rings. The standard InChI is InChI=1S/C22H20N2O6/c23-2-1-3-24-20-14-6-17-18(30-10-29-17)7-15(14)21(27)19(20)13-4-11(8-25)12(9-26)5-16(13)22(24)28/h4-7,25-26H,1-3,8-10,23H2. The molecule has 3 aromatic rings. The van der Waals surface area contributed by atoms with Crippen LogP contribution in [0.5, 0.6) is 11.5 Å². The lowest BCUT2D eigenvalue weighted by Gasteiger charge is -2.16. The van der Waals surface area contributed by atoms with Gasteiger partial charge in [-0.2, -0.15) is 0 Å². The number of aromatic nitrogens is 1. The molecule has 0 amide bonds. The van der Waals surface area contributed by atoms with E-state index in [0.717, 1.165) is 0 Å². The molecule has 2 heterocycles. The lowest BCUT2D eigenvalue weighted by atomic mass is 9.97. The van der Waals surface area contributed by atoms with Crippen LogP contribution in [0.4, 0.5) is 0 Å². The second-order valence-electron chi connectivity index (χ2n) is 7.39. The zero-order chi connectivity index (χ0) is 21.0. The molecular weight excluding hydrogens is 388 g/mol. The van der Waals surface area contributed by atoms with Gasteiger partial charge in [0.25, 0.3) is 5.56 Å². The van der Waals surface area contributed by atoms with Crippen molar-refractivity contribution < 1.29 is 24.5 Å². The van der Waals surface area contributed by atoms with Crippen molar-refractivity contribution in [1.82, 2.24) is 4.57 Å². The quantitative estimate of drug-likeness (QED) is 0.454. The molecule has 2 aromatic carbocycles. The minimum atomic E-state index is -0.319. The number of carbonyl (C=O) groups excluding carboxylic acids is 1. The van der Waals surface area contributed by atoms with Gasteiger partial charge < -0.3 is 30.0 Å². The Morgan fingerprint density at radius 1 is 0.933 bits per heavy atom. The number of ether oxygens (including phenoxy) is 2. The summed E-state index contributed by atoms with van der Waals surface area (Å²) >= 11 is 0. The molecule has 0 atom stereocenters. The van der Waals surface area contributed by atoms with E-state index in [-0.39, 0.29) is 31.3 Å². The van der Waals surface area contributed by atoms with Crippen LogP contribution >= 0.6 is 0 Å². The summed E-state index contributed by atoms with van der Waals surface area (Å²) < 4.78 is 12.5. The van der Waals surface area contributed by atoms with Gasteiger partial charge in [-0.05, 0) is 48.4 Å². The zero-order valence-corrected chi connectivity index (χ0v) is 16.1. The molecule has 0 radical (unpaired) electrons. The van der Waals surface area contributed by atoms with E-state index >= 15 is 0 Å². The summed E-state index contributed by atoms with van der Waals surface area (Å²) in [6.07, 6.45) is 0.563. The van der Waals surface area contributed by atoms with Crippen molar-refractivity contribution in [3.05, 3.63) is 56.9 Å². The highest BCUT2D eigenvalue weighted by Crippen LogP contribution is 2.46.